The molecular formula is C14H21NO2S. The Morgan fingerprint density at radius 1 is 1.22 bits per heavy atom. The van der Waals surface area contributed by atoms with E-state index in [1.807, 2.05) is 18.2 Å². The fourth-order valence-corrected chi connectivity index (χ4v) is 2.60. The third-order valence-corrected chi connectivity index (χ3v) is 3.82. The molecule has 100 valence electrons. The van der Waals surface area contributed by atoms with Crippen LogP contribution in [0, 0.1) is 0 Å². The van der Waals surface area contributed by atoms with Crippen LogP contribution in [0.15, 0.2) is 24.3 Å². The normalized spacial score (nSPS) is 19.9. The van der Waals surface area contributed by atoms with Crippen LogP contribution in [0.25, 0.3) is 0 Å². The molecule has 0 amide bonds. The van der Waals surface area contributed by atoms with E-state index in [0.29, 0.717) is 0 Å². The lowest BCUT2D eigenvalue weighted by Gasteiger charge is -2.19. The molecular weight excluding hydrogens is 246 g/mol. The molecule has 0 saturated carbocycles. The first-order valence-corrected chi connectivity index (χ1v) is 7.12. The maximum Gasteiger partial charge on any atom is 0.106 e. The number of benzene rings is 1. The largest absolute Gasteiger partial charge is 0.389 e. The molecule has 1 aromatic carbocycles. The average molecular weight is 267 g/mol. The van der Waals surface area contributed by atoms with Crippen molar-refractivity contribution in [3.63, 3.8) is 0 Å². The minimum atomic E-state index is -0.846. The smallest absolute Gasteiger partial charge is 0.106 e. The van der Waals surface area contributed by atoms with Gasteiger partial charge in [-0.15, -0.1) is 0 Å². The van der Waals surface area contributed by atoms with Gasteiger partial charge >= 0.3 is 0 Å². The lowest BCUT2D eigenvalue weighted by Crippen LogP contribution is -2.21. The van der Waals surface area contributed by atoms with Crippen LogP contribution in [-0.4, -0.2) is 40.1 Å². The molecule has 1 heterocycles. The van der Waals surface area contributed by atoms with E-state index in [4.69, 9.17) is 0 Å². The van der Waals surface area contributed by atoms with Gasteiger partial charge in [0.25, 0.3) is 0 Å². The minimum Gasteiger partial charge on any atom is -0.389 e. The van der Waals surface area contributed by atoms with Crippen molar-refractivity contribution in [1.29, 1.82) is 0 Å². The summed E-state index contributed by atoms with van der Waals surface area (Å²) in [5, 5.41) is 19.6. The molecule has 0 spiro atoms. The molecule has 2 unspecified atom stereocenters. The fourth-order valence-electron chi connectivity index (χ4n) is 2.40. The average Bonchev–Trinajstić information content (AvgIpc) is 2.90. The molecule has 0 aliphatic carbocycles. The van der Waals surface area contributed by atoms with Gasteiger partial charge in [0.2, 0.25) is 0 Å². The summed E-state index contributed by atoms with van der Waals surface area (Å²) in [6, 6.07) is 7.84. The van der Waals surface area contributed by atoms with Gasteiger partial charge in [0, 0.05) is 12.3 Å². The highest BCUT2D eigenvalue weighted by Gasteiger charge is 2.18. The monoisotopic (exact) mass is 267 g/mol. The van der Waals surface area contributed by atoms with Gasteiger partial charge in [0.05, 0.1) is 6.10 Å². The Bertz CT molecular complexity index is 380. The number of aliphatic hydroxyl groups is 2. The summed E-state index contributed by atoms with van der Waals surface area (Å²) in [6.07, 6.45) is 0.901. The van der Waals surface area contributed by atoms with Crippen LogP contribution < -0.4 is 0 Å². The molecule has 18 heavy (non-hydrogen) atoms. The van der Waals surface area contributed by atoms with E-state index in [2.05, 4.69) is 23.6 Å². The molecule has 2 N–H and O–H groups in total. The molecule has 1 aromatic rings. The van der Waals surface area contributed by atoms with Crippen molar-refractivity contribution in [1.82, 2.24) is 4.90 Å². The number of rotatable bonds is 5. The second-order valence-electron chi connectivity index (χ2n) is 4.92. The molecule has 4 heteroatoms. The van der Waals surface area contributed by atoms with E-state index < -0.39 is 12.2 Å². The number of nitrogens with zero attached hydrogens (tertiary/aromatic N) is 1. The number of hydrogen-bond donors (Lipinski definition) is 3. The standard InChI is InChI=1S/C14H21NO2S/c16-13(10-18)14(17)12-5-3-4-11(8-12)9-15-6-1-2-7-15/h3-5,8,13-14,16-18H,1-2,6-7,9-10H2. The van der Waals surface area contributed by atoms with Crippen LogP contribution >= 0.6 is 12.6 Å². The van der Waals surface area contributed by atoms with Crippen molar-refractivity contribution in [2.75, 3.05) is 18.8 Å². The first kappa shape index (κ1) is 13.9. The van der Waals surface area contributed by atoms with Gasteiger partial charge in [0.15, 0.2) is 0 Å². The summed E-state index contributed by atoms with van der Waals surface area (Å²) in [4.78, 5) is 2.42. The number of thiol groups is 1. The van der Waals surface area contributed by atoms with Gasteiger partial charge in [-0.3, -0.25) is 4.90 Å². The van der Waals surface area contributed by atoms with Crippen molar-refractivity contribution < 1.29 is 10.2 Å². The molecule has 2 rings (SSSR count). The Kier molecular flexibility index (Phi) is 5.06. The number of aliphatic hydroxyl groups excluding tert-OH is 2. The summed E-state index contributed by atoms with van der Waals surface area (Å²) < 4.78 is 0. The highest BCUT2D eigenvalue weighted by molar-refractivity contribution is 7.80. The molecule has 1 fully saturated rings. The second-order valence-corrected chi connectivity index (χ2v) is 5.29. The molecule has 3 nitrogen and oxygen atoms in total. The van der Waals surface area contributed by atoms with Crippen molar-refractivity contribution in [3.05, 3.63) is 35.4 Å². The van der Waals surface area contributed by atoms with Crippen molar-refractivity contribution in [2.45, 2.75) is 31.6 Å². The molecule has 0 bridgehead atoms. The highest BCUT2D eigenvalue weighted by Crippen LogP contribution is 2.20. The van der Waals surface area contributed by atoms with Crippen molar-refractivity contribution in [3.8, 4) is 0 Å². The lowest BCUT2D eigenvalue weighted by atomic mass is 10.0. The van der Waals surface area contributed by atoms with Crippen LogP contribution in [0.2, 0.25) is 0 Å². The molecule has 0 aromatic heterocycles. The van der Waals surface area contributed by atoms with Crippen LogP contribution in [0.1, 0.15) is 30.1 Å². The zero-order valence-electron chi connectivity index (χ0n) is 10.5. The zero-order valence-corrected chi connectivity index (χ0v) is 11.4. The van der Waals surface area contributed by atoms with E-state index in [-0.39, 0.29) is 5.75 Å². The zero-order chi connectivity index (χ0) is 13.0. The van der Waals surface area contributed by atoms with E-state index >= 15 is 0 Å². The summed E-state index contributed by atoms with van der Waals surface area (Å²) in [5.74, 6) is 0.261. The summed E-state index contributed by atoms with van der Waals surface area (Å²) in [7, 11) is 0. The third kappa shape index (κ3) is 3.48. The Labute approximate surface area is 114 Å². The summed E-state index contributed by atoms with van der Waals surface area (Å²) >= 11 is 4.01. The van der Waals surface area contributed by atoms with Crippen molar-refractivity contribution >= 4 is 12.6 Å². The topological polar surface area (TPSA) is 43.7 Å². The van der Waals surface area contributed by atoms with Gasteiger partial charge in [0.1, 0.15) is 6.10 Å². The van der Waals surface area contributed by atoms with Crippen LogP contribution in [0.5, 0.6) is 0 Å². The van der Waals surface area contributed by atoms with E-state index in [1.54, 1.807) is 0 Å². The molecule has 2 atom stereocenters. The van der Waals surface area contributed by atoms with Crippen LogP contribution in [0.3, 0.4) is 0 Å². The maximum atomic E-state index is 9.96. The third-order valence-electron chi connectivity index (χ3n) is 3.45. The fraction of sp³-hybridized carbons (Fsp3) is 0.571. The second kappa shape index (κ2) is 6.57. The predicted octanol–water partition coefficient (Wildman–Crippen LogP) is 1.61. The van der Waals surface area contributed by atoms with Crippen LogP contribution in [0.4, 0.5) is 0 Å². The van der Waals surface area contributed by atoms with Gasteiger partial charge in [-0.1, -0.05) is 24.3 Å². The maximum absolute atomic E-state index is 9.96. The lowest BCUT2D eigenvalue weighted by molar-refractivity contribution is 0.0337. The van der Waals surface area contributed by atoms with E-state index in [9.17, 15) is 10.2 Å². The molecule has 0 radical (unpaired) electrons. The Morgan fingerprint density at radius 2 is 1.94 bits per heavy atom. The number of likely N-dealkylation sites (tertiary alicyclic amines) is 1. The quantitative estimate of drug-likeness (QED) is 0.710. The number of hydrogen-bond acceptors (Lipinski definition) is 4. The predicted molar refractivity (Wildman–Crippen MR) is 75.8 cm³/mol. The minimum absolute atomic E-state index is 0.261. The molecule has 1 saturated heterocycles. The van der Waals surface area contributed by atoms with Crippen molar-refractivity contribution in [2.24, 2.45) is 0 Å². The molecule has 1 aliphatic rings. The van der Waals surface area contributed by atoms with Gasteiger partial charge < -0.3 is 10.2 Å². The van der Waals surface area contributed by atoms with Crippen LogP contribution in [-0.2, 0) is 6.54 Å². The van der Waals surface area contributed by atoms with E-state index in [1.165, 1.54) is 18.4 Å². The SMILES string of the molecule is OC(CS)C(O)c1cccc(CN2CCCC2)c1. The van der Waals surface area contributed by atoms with Gasteiger partial charge in [-0.05, 0) is 37.1 Å². The highest BCUT2D eigenvalue weighted by atomic mass is 32.1. The first-order valence-electron chi connectivity index (χ1n) is 6.49. The Morgan fingerprint density at radius 3 is 2.61 bits per heavy atom. The molecule has 1 aliphatic heterocycles. The Hall–Kier alpha value is -0.550. The van der Waals surface area contributed by atoms with Gasteiger partial charge in [-0.25, -0.2) is 0 Å². The summed E-state index contributed by atoms with van der Waals surface area (Å²) in [6.45, 7) is 3.25. The van der Waals surface area contributed by atoms with Gasteiger partial charge in [-0.2, -0.15) is 12.6 Å². The Balaban J connectivity index is 2.04. The van der Waals surface area contributed by atoms with E-state index in [0.717, 1.165) is 25.2 Å². The first-order chi connectivity index (χ1) is 8.70. The summed E-state index contributed by atoms with van der Waals surface area (Å²) in [5.41, 5.74) is 1.97.